The Morgan fingerprint density at radius 1 is 1.21 bits per heavy atom. The second-order valence-corrected chi connectivity index (χ2v) is 10.2. The zero-order valence-electron chi connectivity index (χ0n) is 15.6. The molecular weight excluding hydrogens is 410 g/mol. The lowest BCUT2D eigenvalue weighted by atomic mass is 10.1. The summed E-state index contributed by atoms with van der Waals surface area (Å²) in [5.74, 6) is -0.998. The fraction of sp³-hybridized carbons (Fsp3) is 0.150. The maximum absolute atomic E-state index is 12.3. The van der Waals surface area contributed by atoms with Crippen molar-refractivity contribution in [1.82, 2.24) is 15.0 Å². The lowest BCUT2D eigenvalue weighted by Gasteiger charge is -2.08. The highest BCUT2D eigenvalue weighted by Gasteiger charge is 2.20. The molecule has 7 nitrogen and oxygen atoms in total. The van der Waals surface area contributed by atoms with Gasteiger partial charge in [-0.2, -0.15) is 0 Å². The van der Waals surface area contributed by atoms with Gasteiger partial charge in [0.25, 0.3) is 0 Å². The van der Waals surface area contributed by atoms with E-state index in [-0.39, 0.29) is 13.3 Å². The Hall–Kier alpha value is -3.04. The minimum Gasteiger partial charge on any atom is -0.478 e. The van der Waals surface area contributed by atoms with Gasteiger partial charge in [-0.05, 0) is 37.4 Å². The van der Waals surface area contributed by atoms with Crippen LogP contribution in [0.4, 0.5) is 0 Å². The number of nitrogens with zero attached hydrogens (tertiary/aromatic N) is 2. The van der Waals surface area contributed by atoms with E-state index in [4.69, 9.17) is 0 Å². The Morgan fingerprint density at radius 2 is 1.93 bits per heavy atom. The number of benzene rings is 1. The zero-order chi connectivity index (χ0) is 20.8. The summed E-state index contributed by atoms with van der Waals surface area (Å²) in [4.78, 5) is 24.4. The molecule has 3 aromatic heterocycles. The molecule has 0 atom stereocenters. The van der Waals surface area contributed by atoms with E-state index in [1.165, 1.54) is 11.3 Å². The van der Waals surface area contributed by atoms with Crippen molar-refractivity contribution in [1.29, 1.82) is 0 Å². The summed E-state index contributed by atoms with van der Waals surface area (Å²) in [5.41, 5.74) is 3.28. The molecular formula is C20H21N3O4S2. The van der Waals surface area contributed by atoms with Crippen LogP contribution in [0.15, 0.2) is 53.0 Å². The molecule has 0 amide bonds. The van der Waals surface area contributed by atoms with Crippen molar-refractivity contribution in [2.24, 2.45) is 0 Å². The number of thiophene rings is 1. The molecule has 0 spiro atoms. The van der Waals surface area contributed by atoms with Crippen molar-refractivity contribution in [2.75, 3.05) is 0 Å². The number of H-pyrrole nitrogens is 1. The molecule has 152 valence electrons. The highest BCUT2D eigenvalue weighted by Crippen LogP contribution is 2.34. The van der Waals surface area contributed by atoms with E-state index in [9.17, 15) is 18.3 Å². The first-order chi connectivity index (χ1) is 13.8. The van der Waals surface area contributed by atoms with E-state index in [2.05, 4.69) is 15.0 Å². The Kier molecular flexibility index (Phi) is 4.71. The van der Waals surface area contributed by atoms with Crippen LogP contribution < -0.4 is 0 Å². The highest BCUT2D eigenvalue weighted by molar-refractivity contribution is 7.92. The minimum atomic E-state index is -3.35. The normalized spacial score (nSPS) is 12.0. The standard InChI is InChI=1S/C20H17N3O4S2.2H2/c1-11(2)29(26,27)13-5-3-12(4-6-13)16-10-22-19-17(23-16)15(9-21-19)18-14(20(24)25)7-8-28-18;;/h3-11H,1-2H3,(H,21,22)(H,24,25);2*1H. The number of rotatable bonds is 5. The minimum absolute atomic E-state index is 0. The summed E-state index contributed by atoms with van der Waals surface area (Å²) in [5, 5.41) is 10.6. The van der Waals surface area contributed by atoms with E-state index in [0.717, 1.165) is 5.56 Å². The maximum Gasteiger partial charge on any atom is 0.337 e. The third-order valence-corrected chi connectivity index (χ3v) is 7.74. The zero-order valence-corrected chi connectivity index (χ0v) is 17.2. The summed E-state index contributed by atoms with van der Waals surface area (Å²) in [6.07, 6.45) is 3.30. The van der Waals surface area contributed by atoms with E-state index in [1.807, 2.05) is 0 Å². The van der Waals surface area contributed by atoms with E-state index >= 15 is 0 Å². The summed E-state index contributed by atoms with van der Waals surface area (Å²) < 4.78 is 24.6. The first kappa shape index (κ1) is 19.3. The number of carbonyl (C=O) groups is 1. The first-order valence-corrected chi connectivity index (χ1v) is 11.2. The lowest BCUT2D eigenvalue weighted by molar-refractivity contribution is 0.0698. The van der Waals surface area contributed by atoms with Crippen LogP contribution in [-0.2, 0) is 9.84 Å². The Morgan fingerprint density at radius 3 is 2.59 bits per heavy atom. The maximum atomic E-state index is 12.3. The number of nitrogens with one attached hydrogen (secondary N) is 1. The fourth-order valence-electron chi connectivity index (χ4n) is 2.98. The van der Waals surface area contributed by atoms with Crippen LogP contribution >= 0.6 is 11.3 Å². The lowest BCUT2D eigenvalue weighted by Crippen LogP contribution is -2.13. The molecule has 29 heavy (non-hydrogen) atoms. The number of aromatic carboxylic acids is 1. The molecule has 1 aromatic carbocycles. The monoisotopic (exact) mass is 431 g/mol. The predicted molar refractivity (Wildman–Crippen MR) is 116 cm³/mol. The van der Waals surface area contributed by atoms with Gasteiger partial charge in [0.2, 0.25) is 0 Å². The Bertz CT molecular complexity index is 1330. The number of aromatic amines is 1. The average molecular weight is 432 g/mol. The molecule has 0 radical (unpaired) electrons. The molecule has 3 heterocycles. The van der Waals surface area contributed by atoms with Gasteiger partial charge >= 0.3 is 5.97 Å². The van der Waals surface area contributed by atoms with Crippen LogP contribution in [-0.4, -0.2) is 39.7 Å². The number of aromatic nitrogens is 3. The second kappa shape index (κ2) is 7.09. The molecule has 0 saturated carbocycles. The van der Waals surface area contributed by atoms with Gasteiger partial charge in [0.15, 0.2) is 15.5 Å². The summed E-state index contributed by atoms with van der Waals surface area (Å²) in [6, 6.07) is 8.09. The first-order valence-electron chi connectivity index (χ1n) is 8.78. The van der Waals surface area contributed by atoms with Gasteiger partial charge in [0.05, 0.1) is 32.5 Å². The van der Waals surface area contributed by atoms with Gasteiger partial charge in [0.1, 0.15) is 5.52 Å². The van der Waals surface area contributed by atoms with Crippen LogP contribution in [0.3, 0.4) is 0 Å². The largest absolute Gasteiger partial charge is 0.478 e. The Labute approximate surface area is 174 Å². The van der Waals surface area contributed by atoms with Gasteiger partial charge in [0, 0.05) is 20.2 Å². The van der Waals surface area contributed by atoms with Crippen molar-refractivity contribution >= 4 is 38.3 Å². The second-order valence-electron chi connectivity index (χ2n) is 6.74. The molecule has 9 heteroatoms. The molecule has 4 aromatic rings. The van der Waals surface area contributed by atoms with E-state index < -0.39 is 21.1 Å². The number of sulfone groups is 1. The molecule has 0 unspecified atom stereocenters. The third-order valence-electron chi connectivity index (χ3n) is 4.62. The quantitative estimate of drug-likeness (QED) is 0.472. The van der Waals surface area contributed by atoms with Crippen molar-refractivity contribution in [3.05, 3.63) is 53.7 Å². The molecule has 0 bridgehead atoms. The fourth-order valence-corrected chi connectivity index (χ4v) is 4.94. The number of hydrogen-bond donors (Lipinski definition) is 2. The predicted octanol–water partition coefficient (Wildman–Crippen LogP) is 4.73. The van der Waals surface area contributed by atoms with Gasteiger partial charge < -0.3 is 10.1 Å². The third kappa shape index (κ3) is 3.32. The highest BCUT2D eigenvalue weighted by atomic mass is 32.2. The van der Waals surface area contributed by atoms with Crippen LogP contribution in [0.1, 0.15) is 27.1 Å². The molecule has 2 N–H and O–H groups in total. The van der Waals surface area contributed by atoms with Crippen molar-refractivity contribution in [3.63, 3.8) is 0 Å². The van der Waals surface area contributed by atoms with Crippen LogP contribution in [0.25, 0.3) is 32.9 Å². The topological polar surface area (TPSA) is 113 Å². The number of hydrogen-bond acceptors (Lipinski definition) is 6. The van der Waals surface area contributed by atoms with Crippen molar-refractivity contribution in [2.45, 2.75) is 24.0 Å². The van der Waals surface area contributed by atoms with Crippen LogP contribution in [0.2, 0.25) is 0 Å². The molecule has 0 fully saturated rings. The van der Waals surface area contributed by atoms with E-state index in [1.54, 1.807) is 62.0 Å². The summed E-state index contributed by atoms with van der Waals surface area (Å²) >= 11 is 1.32. The van der Waals surface area contributed by atoms with Crippen molar-refractivity contribution in [3.8, 4) is 21.7 Å². The van der Waals surface area contributed by atoms with Crippen molar-refractivity contribution < 1.29 is 21.2 Å². The van der Waals surface area contributed by atoms with Gasteiger partial charge in [-0.3, -0.25) is 0 Å². The van der Waals surface area contributed by atoms with E-state index in [0.29, 0.717) is 27.3 Å². The molecule has 0 aliphatic heterocycles. The Balaban J connectivity index is 0.00000171. The van der Waals surface area contributed by atoms with Gasteiger partial charge in [-0.1, -0.05) is 12.1 Å². The average Bonchev–Trinajstić information content (AvgIpc) is 3.34. The number of fused-ring (bicyclic) bond motifs is 1. The molecule has 4 rings (SSSR count). The molecule has 0 aliphatic rings. The van der Waals surface area contributed by atoms with Gasteiger partial charge in [-0.15, -0.1) is 11.3 Å². The number of carboxylic acids is 1. The smallest absolute Gasteiger partial charge is 0.337 e. The van der Waals surface area contributed by atoms with Gasteiger partial charge in [-0.25, -0.2) is 23.2 Å². The van der Waals surface area contributed by atoms with Crippen LogP contribution in [0.5, 0.6) is 0 Å². The molecule has 0 aliphatic carbocycles. The van der Waals surface area contributed by atoms with Crippen LogP contribution in [0, 0.1) is 0 Å². The summed E-state index contributed by atoms with van der Waals surface area (Å²) in [6.45, 7) is 3.29. The number of carboxylic acid groups (broad SMARTS) is 1. The SMILES string of the molecule is CC(C)S(=O)(=O)c1ccc(-c2cnc3[nH]cc(-c4sccc4C(=O)O)c3n2)cc1.[HH].[HH]. The summed E-state index contributed by atoms with van der Waals surface area (Å²) in [7, 11) is -3.35. The molecule has 0 saturated heterocycles.